The van der Waals surface area contributed by atoms with Crippen molar-refractivity contribution in [3.05, 3.63) is 71.3 Å². The van der Waals surface area contributed by atoms with Crippen LogP contribution in [0.25, 0.3) is 0 Å². The smallest absolute Gasteiger partial charge is 0.338 e. The number of halogens is 2. The van der Waals surface area contributed by atoms with Crippen LogP contribution in [0.2, 0.25) is 0 Å². The fraction of sp³-hybridized carbons (Fsp3) is 0.235. The van der Waals surface area contributed by atoms with Crippen LogP contribution >= 0.6 is 0 Å². The zero-order valence-corrected chi connectivity index (χ0v) is 11.7. The number of carbonyl (C=O) groups excluding carboxylic acids is 1. The molecule has 114 valence electrons. The Morgan fingerprint density at radius 2 is 1.91 bits per heavy atom. The SMILES string of the molecule is O=C(OCC[C@@]1(c2ccc(F)cc2F)CO1)c1ccccc1. The summed E-state index contributed by atoms with van der Waals surface area (Å²) in [5.74, 6) is -1.71. The second kappa shape index (κ2) is 5.85. The van der Waals surface area contributed by atoms with Gasteiger partial charge in [0.05, 0.1) is 18.8 Å². The molecule has 22 heavy (non-hydrogen) atoms. The average Bonchev–Trinajstić information content (AvgIpc) is 3.28. The zero-order chi connectivity index (χ0) is 15.6. The minimum atomic E-state index is -0.811. The van der Waals surface area contributed by atoms with Crippen LogP contribution in [0.15, 0.2) is 48.5 Å². The first-order valence-electron chi connectivity index (χ1n) is 6.92. The molecule has 1 aliphatic rings. The number of hydrogen-bond acceptors (Lipinski definition) is 3. The van der Waals surface area contributed by atoms with Gasteiger partial charge in [0.2, 0.25) is 0 Å². The lowest BCUT2D eigenvalue weighted by atomic mass is 9.96. The Bertz CT molecular complexity index is 682. The van der Waals surface area contributed by atoms with Crippen LogP contribution in [-0.4, -0.2) is 19.2 Å². The van der Waals surface area contributed by atoms with Crippen molar-refractivity contribution in [3.63, 3.8) is 0 Å². The number of epoxide rings is 1. The Morgan fingerprint density at radius 1 is 1.18 bits per heavy atom. The van der Waals surface area contributed by atoms with Crippen LogP contribution < -0.4 is 0 Å². The molecule has 0 aliphatic carbocycles. The molecule has 0 unspecified atom stereocenters. The number of benzene rings is 2. The first-order chi connectivity index (χ1) is 10.6. The Balaban J connectivity index is 1.61. The molecule has 1 fully saturated rings. The summed E-state index contributed by atoms with van der Waals surface area (Å²) in [4.78, 5) is 11.8. The van der Waals surface area contributed by atoms with Crippen molar-refractivity contribution in [2.75, 3.05) is 13.2 Å². The van der Waals surface area contributed by atoms with Gasteiger partial charge in [-0.15, -0.1) is 0 Å². The van der Waals surface area contributed by atoms with E-state index in [0.717, 1.165) is 6.07 Å². The van der Waals surface area contributed by atoms with Crippen molar-refractivity contribution in [3.8, 4) is 0 Å². The molecule has 2 aromatic carbocycles. The van der Waals surface area contributed by atoms with Crippen molar-refractivity contribution in [1.29, 1.82) is 0 Å². The van der Waals surface area contributed by atoms with Gasteiger partial charge in [-0.1, -0.05) is 24.3 Å². The van der Waals surface area contributed by atoms with E-state index in [1.54, 1.807) is 30.3 Å². The number of ether oxygens (including phenoxy) is 2. The van der Waals surface area contributed by atoms with Gasteiger partial charge in [0.1, 0.15) is 17.2 Å². The molecule has 2 aromatic rings. The summed E-state index contributed by atoms with van der Waals surface area (Å²) in [6.45, 7) is 0.434. The second-order valence-electron chi connectivity index (χ2n) is 5.16. The Morgan fingerprint density at radius 3 is 2.55 bits per heavy atom. The predicted molar refractivity (Wildman–Crippen MR) is 75.3 cm³/mol. The number of esters is 1. The zero-order valence-electron chi connectivity index (χ0n) is 11.7. The van der Waals surface area contributed by atoms with Crippen LogP contribution in [0.5, 0.6) is 0 Å². The van der Waals surface area contributed by atoms with Gasteiger partial charge in [-0.3, -0.25) is 0 Å². The van der Waals surface area contributed by atoms with Gasteiger partial charge in [-0.2, -0.15) is 0 Å². The van der Waals surface area contributed by atoms with Crippen LogP contribution in [0.3, 0.4) is 0 Å². The molecular formula is C17H14F2O3. The molecule has 0 amide bonds. The second-order valence-corrected chi connectivity index (χ2v) is 5.16. The summed E-state index contributed by atoms with van der Waals surface area (Å²) in [6.07, 6.45) is 0.328. The molecule has 0 bridgehead atoms. The Labute approximate surface area is 126 Å². The molecule has 0 radical (unpaired) electrons. The minimum Gasteiger partial charge on any atom is -0.462 e. The van der Waals surface area contributed by atoms with Crippen LogP contribution in [0.4, 0.5) is 8.78 Å². The summed E-state index contributed by atoms with van der Waals surface area (Å²) in [5, 5.41) is 0. The van der Waals surface area contributed by atoms with Gasteiger partial charge in [-0.05, 0) is 18.2 Å². The summed E-state index contributed by atoms with van der Waals surface area (Å²) in [6, 6.07) is 12.0. The summed E-state index contributed by atoms with van der Waals surface area (Å²) >= 11 is 0. The molecule has 1 aliphatic heterocycles. The van der Waals surface area contributed by atoms with E-state index < -0.39 is 23.2 Å². The third-order valence-electron chi connectivity index (χ3n) is 3.66. The fourth-order valence-corrected chi connectivity index (χ4v) is 2.35. The molecule has 1 saturated heterocycles. The van der Waals surface area contributed by atoms with E-state index in [1.165, 1.54) is 12.1 Å². The standard InChI is InChI=1S/C17H14F2O3/c18-13-6-7-14(15(19)10-13)17(11-22-17)8-9-21-16(20)12-4-2-1-3-5-12/h1-7,10H,8-9,11H2/t17-/m0/s1. The highest BCUT2D eigenvalue weighted by Crippen LogP contribution is 2.43. The first kappa shape index (κ1) is 14.7. The quantitative estimate of drug-likeness (QED) is 0.627. The molecule has 0 N–H and O–H groups in total. The average molecular weight is 304 g/mol. The fourth-order valence-electron chi connectivity index (χ4n) is 2.35. The molecule has 0 aromatic heterocycles. The monoisotopic (exact) mass is 304 g/mol. The van der Waals surface area contributed by atoms with Gasteiger partial charge in [0.25, 0.3) is 0 Å². The molecule has 0 saturated carbocycles. The number of rotatable bonds is 5. The minimum absolute atomic E-state index is 0.102. The van der Waals surface area contributed by atoms with Crippen LogP contribution in [0.1, 0.15) is 22.3 Å². The van der Waals surface area contributed by atoms with Gasteiger partial charge in [0.15, 0.2) is 0 Å². The maximum Gasteiger partial charge on any atom is 0.338 e. The Kier molecular flexibility index (Phi) is 3.90. The van der Waals surface area contributed by atoms with Crippen molar-refractivity contribution in [1.82, 2.24) is 0 Å². The van der Waals surface area contributed by atoms with E-state index >= 15 is 0 Å². The number of carbonyl (C=O) groups is 1. The van der Waals surface area contributed by atoms with Crippen molar-refractivity contribution < 1.29 is 23.0 Å². The maximum absolute atomic E-state index is 13.8. The van der Waals surface area contributed by atoms with Crippen molar-refractivity contribution in [2.45, 2.75) is 12.0 Å². The highest BCUT2D eigenvalue weighted by atomic mass is 19.1. The molecule has 5 heteroatoms. The van der Waals surface area contributed by atoms with Gasteiger partial charge in [-0.25, -0.2) is 13.6 Å². The third kappa shape index (κ3) is 2.99. The lowest BCUT2D eigenvalue weighted by Gasteiger charge is -2.13. The highest BCUT2D eigenvalue weighted by molar-refractivity contribution is 5.89. The highest BCUT2D eigenvalue weighted by Gasteiger charge is 2.48. The van der Waals surface area contributed by atoms with Crippen molar-refractivity contribution in [2.24, 2.45) is 0 Å². The normalized spacial score (nSPS) is 19.7. The first-order valence-corrected chi connectivity index (χ1v) is 6.92. The van der Waals surface area contributed by atoms with E-state index in [9.17, 15) is 13.6 Å². The van der Waals surface area contributed by atoms with Gasteiger partial charge in [0, 0.05) is 18.1 Å². The van der Waals surface area contributed by atoms with Gasteiger partial charge >= 0.3 is 5.97 Å². The molecule has 1 atom stereocenters. The molecule has 0 spiro atoms. The summed E-state index contributed by atoms with van der Waals surface area (Å²) in [5.41, 5.74) is -0.0553. The molecule has 3 nitrogen and oxygen atoms in total. The van der Waals surface area contributed by atoms with Gasteiger partial charge < -0.3 is 9.47 Å². The van der Waals surface area contributed by atoms with Crippen LogP contribution in [0, 0.1) is 11.6 Å². The Hall–Kier alpha value is -2.27. The van der Waals surface area contributed by atoms with E-state index in [4.69, 9.17) is 9.47 Å². The summed E-state index contributed by atoms with van der Waals surface area (Å²) in [7, 11) is 0. The third-order valence-corrected chi connectivity index (χ3v) is 3.66. The van der Waals surface area contributed by atoms with E-state index in [1.807, 2.05) is 0 Å². The van der Waals surface area contributed by atoms with E-state index in [0.29, 0.717) is 24.2 Å². The van der Waals surface area contributed by atoms with E-state index in [2.05, 4.69) is 0 Å². The van der Waals surface area contributed by atoms with E-state index in [-0.39, 0.29) is 6.61 Å². The number of hydrogen-bond donors (Lipinski definition) is 0. The molecular weight excluding hydrogens is 290 g/mol. The molecule has 1 heterocycles. The lowest BCUT2D eigenvalue weighted by Crippen LogP contribution is -2.16. The molecule has 3 rings (SSSR count). The maximum atomic E-state index is 13.8. The predicted octanol–water partition coefficient (Wildman–Crippen LogP) is 3.44. The van der Waals surface area contributed by atoms with Crippen LogP contribution in [-0.2, 0) is 15.1 Å². The van der Waals surface area contributed by atoms with Crippen molar-refractivity contribution >= 4 is 5.97 Å². The summed E-state index contributed by atoms with van der Waals surface area (Å²) < 4.78 is 37.3. The largest absolute Gasteiger partial charge is 0.462 e. The lowest BCUT2D eigenvalue weighted by molar-refractivity contribution is 0.0470. The topological polar surface area (TPSA) is 38.8 Å².